The Kier molecular flexibility index (Phi) is 4.80. The minimum atomic E-state index is -1.78. The lowest BCUT2D eigenvalue weighted by atomic mass is 10.1. The predicted octanol–water partition coefficient (Wildman–Crippen LogP) is 2.01. The van der Waals surface area contributed by atoms with Gasteiger partial charge in [0.15, 0.2) is 8.32 Å². The van der Waals surface area contributed by atoms with E-state index in [0.29, 0.717) is 6.54 Å². The molecule has 0 aliphatic carbocycles. The van der Waals surface area contributed by atoms with Crippen molar-refractivity contribution < 1.29 is 14.3 Å². The minimum Gasteiger partial charge on any atom is -0.465 e. The minimum absolute atomic E-state index is 0.0500. The number of carboxylic acid groups (broad SMARTS) is 1. The van der Waals surface area contributed by atoms with E-state index in [1.54, 1.807) is 0 Å². The molecule has 3 N–H and O–H groups in total. The Balaban J connectivity index is 2.55. The number of rotatable bonds is 3. The molecule has 0 spiro atoms. The fourth-order valence-electron chi connectivity index (χ4n) is 1.87. The van der Waals surface area contributed by atoms with Gasteiger partial charge >= 0.3 is 6.09 Å². The van der Waals surface area contributed by atoms with Gasteiger partial charge in [-0.3, -0.25) is 0 Å². The highest BCUT2D eigenvalue weighted by Crippen LogP contribution is 2.37. The third kappa shape index (κ3) is 4.26. The van der Waals surface area contributed by atoms with Crippen LogP contribution in [0, 0.1) is 0 Å². The summed E-state index contributed by atoms with van der Waals surface area (Å²) in [5.41, 5.74) is 0. The highest BCUT2D eigenvalue weighted by molar-refractivity contribution is 6.74. The Morgan fingerprint density at radius 1 is 1.39 bits per heavy atom. The van der Waals surface area contributed by atoms with Gasteiger partial charge in [-0.2, -0.15) is 0 Å². The lowest BCUT2D eigenvalue weighted by molar-refractivity contribution is 0.127. The monoisotopic (exact) mass is 274 g/mol. The topological polar surface area (TPSA) is 70.6 Å². The van der Waals surface area contributed by atoms with Crippen LogP contribution in [-0.4, -0.2) is 44.8 Å². The fourth-order valence-corrected chi connectivity index (χ4v) is 3.24. The lowest BCUT2D eigenvalue weighted by Gasteiger charge is -2.41. The first-order chi connectivity index (χ1) is 8.12. The van der Waals surface area contributed by atoms with Gasteiger partial charge in [-0.1, -0.05) is 20.8 Å². The van der Waals surface area contributed by atoms with Crippen LogP contribution >= 0.6 is 0 Å². The molecule has 0 bridgehead atoms. The molecule has 0 saturated carbocycles. The van der Waals surface area contributed by atoms with Crippen LogP contribution in [0.5, 0.6) is 0 Å². The zero-order chi connectivity index (χ0) is 14.0. The first kappa shape index (κ1) is 15.5. The first-order valence-corrected chi connectivity index (χ1v) is 9.40. The normalized spacial score (nSPS) is 25.8. The van der Waals surface area contributed by atoms with Crippen molar-refractivity contribution in [3.05, 3.63) is 0 Å². The molecule has 1 amide bonds. The van der Waals surface area contributed by atoms with Crippen LogP contribution in [-0.2, 0) is 4.43 Å². The van der Waals surface area contributed by atoms with Crippen LogP contribution in [0.25, 0.3) is 0 Å². The summed E-state index contributed by atoms with van der Waals surface area (Å²) in [5, 5.41) is 14.7. The predicted molar refractivity (Wildman–Crippen MR) is 74.5 cm³/mol. The van der Waals surface area contributed by atoms with Gasteiger partial charge in [0.1, 0.15) is 0 Å². The average molecular weight is 274 g/mol. The van der Waals surface area contributed by atoms with E-state index < -0.39 is 14.4 Å². The van der Waals surface area contributed by atoms with Gasteiger partial charge in [0.2, 0.25) is 0 Å². The van der Waals surface area contributed by atoms with Gasteiger partial charge in [-0.05, 0) is 24.6 Å². The Morgan fingerprint density at radius 3 is 2.50 bits per heavy atom. The SMILES string of the molecule is CC(C)(C)[Si](C)(C)O[C@H]1CNC[C@H](NC(=O)O)C1. The van der Waals surface area contributed by atoms with Crippen molar-refractivity contribution in [3.63, 3.8) is 0 Å². The molecule has 1 aliphatic rings. The standard InChI is InChI=1S/C12H26N2O3Si/c1-12(2,3)18(4,5)17-10-6-9(7-13-8-10)14-11(15)16/h9-10,13-14H,6-8H2,1-5H3,(H,15,16)/t9-,10-/m1/s1. The van der Waals surface area contributed by atoms with Crippen molar-refractivity contribution in [3.8, 4) is 0 Å². The first-order valence-electron chi connectivity index (χ1n) is 6.50. The molecule has 5 nitrogen and oxygen atoms in total. The number of nitrogens with one attached hydrogen (secondary N) is 2. The highest BCUT2D eigenvalue weighted by atomic mass is 28.4. The average Bonchev–Trinajstić information content (AvgIpc) is 2.14. The molecule has 1 heterocycles. The number of carbonyl (C=O) groups is 1. The molecular formula is C12H26N2O3Si. The van der Waals surface area contributed by atoms with Crippen molar-refractivity contribution in [2.24, 2.45) is 0 Å². The second-order valence-electron chi connectivity index (χ2n) is 6.54. The van der Waals surface area contributed by atoms with Crippen molar-refractivity contribution in [1.82, 2.24) is 10.6 Å². The van der Waals surface area contributed by atoms with E-state index in [1.807, 2.05) is 0 Å². The Hall–Kier alpha value is -0.593. The fraction of sp³-hybridized carbons (Fsp3) is 0.917. The molecule has 0 unspecified atom stereocenters. The molecule has 6 heteroatoms. The Labute approximate surface area is 110 Å². The summed E-state index contributed by atoms with van der Waals surface area (Å²) in [7, 11) is -1.78. The van der Waals surface area contributed by atoms with E-state index in [1.165, 1.54) is 0 Å². The molecule has 2 atom stereocenters. The Bertz CT molecular complexity index is 302. The van der Waals surface area contributed by atoms with Gasteiger partial charge in [0.05, 0.1) is 6.10 Å². The number of amides is 1. The van der Waals surface area contributed by atoms with Crippen molar-refractivity contribution in [2.75, 3.05) is 13.1 Å². The van der Waals surface area contributed by atoms with Crippen molar-refractivity contribution in [1.29, 1.82) is 0 Å². The molecule has 1 fully saturated rings. The Morgan fingerprint density at radius 2 is 2.00 bits per heavy atom. The van der Waals surface area contributed by atoms with E-state index >= 15 is 0 Å². The zero-order valence-corrected chi connectivity index (χ0v) is 13.0. The second-order valence-corrected chi connectivity index (χ2v) is 11.3. The van der Waals surface area contributed by atoms with E-state index in [0.717, 1.165) is 13.0 Å². The maximum Gasteiger partial charge on any atom is 0.404 e. The van der Waals surface area contributed by atoms with Gasteiger partial charge in [0, 0.05) is 19.1 Å². The number of hydrogen-bond acceptors (Lipinski definition) is 3. The molecule has 0 aromatic rings. The molecule has 0 radical (unpaired) electrons. The largest absolute Gasteiger partial charge is 0.465 e. The summed E-state index contributed by atoms with van der Waals surface area (Å²) < 4.78 is 6.30. The third-order valence-corrected chi connectivity index (χ3v) is 8.44. The van der Waals surface area contributed by atoms with E-state index in [4.69, 9.17) is 9.53 Å². The summed E-state index contributed by atoms with van der Waals surface area (Å²) in [6, 6.07) is -0.0500. The van der Waals surface area contributed by atoms with Gasteiger partial charge in [-0.15, -0.1) is 0 Å². The molecule has 1 rings (SSSR count). The van der Waals surface area contributed by atoms with Crippen LogP contribution in [0.2, 0.25) is 18.1 Å². The van der Waals surface area contributed by atoms with Crippen LogP contribution in [0.3, 0.4) is 0 Å². The molecule has 0 aromatic carbocycles. The van der Waals surface area contributed by atoms with Gasteiger partial charge in [0.25, 0.3) is 0 Å². The summed E-state index contributed by atoms with van der Waals surface area (Å²) in [6.07, 6.45) is -0.0995. The number of hydrogen-bond donors (Lipinski definition) is 3. The third-order valence-electron chi connectivity index (χ3n) is 3.91. The van der Waals surface area contributed by atoms with Crippen molar-refractivity contribution in [2.45, 2.75) is 57.5 Å². The summed E-state index contributed by atoms with van der Waals surface area (Å²) in [4.78, 5) is 10.6. The molecule has 1 aliphatic heterocycles. The molecule has 18 heavy (non-hydrogen) atoms. The summed E-state index contributed by atoms with van der Waals surface area (Å²) in [6.45, 7) is 12.6. The van der Waals surface area contributed by atoms with E-state index in [-0.39, 0.29) is 17.2 Å². The second kappa shape index (κ2) is 5.58. The van der Waals surface area contributed by atoms with Crippen LogP contribution in [0.15, 0.2) is 0 Å². The molecule has 1 saturated heterocycles. The maximum absolute atomic E-state index is 10.6. The molecule has 106 valence electrons. The van der Waals surface area contributed by atoms with Gasteiger partial charge < -0.3 is 20.2 Å². The highest BCUT2D eigenvalue weighted by Gasteiger charge is 2.40. The van der Waals surface area contributed by atoms with Crippen LogP contribution in [0.4, 0.5) is 4.79 Å². The molecular weight excluding hydrogens is 248 g/mol. The van der Waals surface area contributed by atoms with E-state index in [9.17, 15) is 4.79 Å². The smallest absolute Gasteiger partial charge is 0.404 e. The van der Waals surface area contributed by atoms with Crippen LogP contribution < -0.4 is 10.6 Å². The summed E-state index contributed by atoms with van der Waals surface area (Å²) >= 11 is 0. The maximum atomic E-state index is 10.6. The van der Waals surface area contributed by atoms with Gasteiger partial charge in [-0.25, -0.2) is 4.79 Å². The number of piperidine rings is 1. The summed E-state index contributed by atoms with van der Waals surface area (Å²) in [5.74, 6) is 0. The zero-order valence-electron chi connectivity index (χ0n) is 12.0. The van der Waals surface area contributed by atoms with E-state index in [2.05, 4.69) is 44.5 Å². The van der Waals surface area contributed by atoms with Crippen molar-refractivity contribution >= 4 is 14.4 Å². The quantitative estimate of drug-likeness (QED) is 0.689. The molecule has 0 aromatic heterocycles. The van der Waals surface area contributed by atoms with Crippen LogP contribution in [0.1, 0.15) is 27.2 Å². The lowest BCUT2D eigenvalue weighted by Crippen LogP contribution is -2.54.